The number of rotatable bonds is 6. The van der Waals surface area contributed by atoms with Gasteiger partial charge in [-0.15, -0.1) is 0 Å². The van der Waals surface area contributed by atoms with E-state index in [-0.39, 0.29) is 17.5 Å². The molecular formula is C27H29ClF2N4O2. The molecule has 0 unspecified atom stereocenters. The number of carbonyl (C=O) groups excluding carboxylic acids is 2. The normalized spacial score (nSPS) is 21.4. The van der Waals surface area contributed by atoms with Crippen LogP contribution in [0.4, 0.5) is 8.78 Å². The molecule has 0 spiro atoms. The van der Waals surface area contributed by atoms with Gasteiger partial charge < -0.3 is 20.9 Å². The number of carbonyl (C=O) groups is 2. The highest BCUT2D eigenvalue weighted by molar-refractivity contribution is 6.34. The first-order valence-corrected chi connectivity index (χ1v) is 12.4. The summed E-state index contributed by atoms with van der Waals surface area (Å²) >= 11 is 6.50. The maximum atomic E-state index is 13.8. The van der Waals surface area contributed by atoms with Gasteiger partial charge in [0.05, 0.1) is 22.3 Å². The van der Waals surface area contributed by atoms with Crippen molar-refractivity contribution in [1.82, 2.24) is 15.5 Å². The fraction of sp³-hybridized carbons (Fsp3) is 0.370. The first-order chi connectivity index (χ1) is 17.2. The second kappa shape index (κ2) is 10.8. The van der Waals surface area contributed by atoms with Crippen molar-refractivity contribution in [2.45, 2.75) is 38.6 Å². The number of benzene rings is 2. The highest BCUT2D eigenvalue weighted by Gasteiger charge is 2.33. The van der Waals surface area contributed by atoms with E-state index in [0.717, 1.165) is 24.5 Å². The smallest absolute Gasteiger partial charge is 0.255 e. The van der Waals surface area contributed by atoms with Gasteiger partial charge in [-0.1, -0.05) is 17.7 Å². The summed E-state index contributed by atoms with van der Waals surface area (Å²) in [4.78, 5) is 26.4. The number of nitrogens with one attached hydrogen (secondary N) is 3. The van der Waals surface area contributed by atoms with Gasteiger partial charge in [0, 0.05) is 49.5 Å². The summed E-state index contributed by atoms with van der Waals surface area (Å²) in [7, 11) is 1.64. The molecule has 2 atom stereocenters. The molecule has 2 amide bonds. The molecule has 2 aromatic carbocycles. The zero-order chi connectivity index (χ0) is 26.0. The molecule has 2 fully saturated rings. The number of aryl methyl sites for hydroxylation is 1. The molecule has 2 aliphatic rings. The second-order valence-corrected chi connectivity index (χ2v) is 9.73. The molecule has 190 valence electrons. The Kier molecular flexibility index (Phi) is 7.73. The van der Waals surface area contributed by atoms with Gasteiger partial charge in [-0.2, -0.15) is 0 Å². The van der Waals surface area contributed by atoms with Gasteiger partial charge in [-0.3, -0.25) is 9.59 Å². The Labute approximate surface area is 214 Å². The number of hydrogen-bond donors (Lipinski definition) is 3. The molecule has 9 heteroatoms. The number of nitrogens with zero attached hydrogens (tertiary/aromatic N) is 1. The number of likely N-dealkylation sites (tertiary alicyclic amines) is 1. The molecule has 0 bridgehead atoms. The topological polar surface area (TPSA) is 85.3 Å². The second-order valence-electron chi connectivity index (χ2n) is 9.33. The van der Waals surface area contributed by atoms with Crippen LogP contribution in [0.1, 0.15) is 47.7 Å². The van der Waals surface area contributed by atoms with Gasteiger partial charge in [0.1, 0.15) is 11.6 Å². The quantitative estimate of drug-likeness (QED) is 0.528. The van der Waals surface area contributed by atoms with Crippen LogP contribution in [0.15, 0.2) is 42.0 Å². The Hall–Kier alpha value is -3.26. The molecule has 6 nitrogen and oxygen atoms in total. The van der Waals surface area contributed by atoms with Gasteiger partial charge in [-0.05, 0) is 61.9 Å². The molecule has 3 N–H and O–H groups in total. The van der Waals surface area contributed by atoms with E-state index in [1.165, 1.54) is 12.1 Å². The van der Waals surface area contributed by atoms with E-state index in [1.54, 1.807) is 31.0 Å². The van der Waals surface area contributed by atoms with Crippen LogP contribution < -0.4 is 10.6 Å². The van der Waals surface area contributed by atoms with Crippen LogP contribution >= 0.6 is 11.6 Å². The van der Waals surface area contributed by atoms with E-state index in [9.17, 15) is 18.4 Å². The third kappa shape index (κ3) is 5.43. The summed E-state index contributed by atoms with van der Waals surface area (Å²) < 4.78 is 27.6. The van der Waals surface area contributed by atoms with Crippen LogP contribution in [0.3, 0.4) is 0 Å². The molecule has 2 heterocycles. The SMILES string of the molecule is CN/C(=C1/CCN(C(=O)c2ccc(CC[C@H]3CNC(=O)C3)cc2Cl)[C@H](C)C1=N)c1cc(F)cc(F)c1. The summed E-state index contributed by atoms with van der Waals surface area (Å²) in [5, 5.41) is 14.9. The highest BCUT2D eigenvalue weighted by Crippen LogP contribution is 2.30. The molecule has 0 radical (unpaired) electrons. The van der Waals surface area contributed by atoms with E-state index >= 15 is 0 Å². The predicted molar refractivity (Wildman–Crippen MR) is 136 cm³/mol. The standard InChI is InChI=1S/C27H29ClF2N4O2/c1-15-25(31)22(26(32-2)18-11-19(29)13-20(30)12-18)7-8-34(15)27(36)21-6-5-16(9-23(21)28)3-4-17-10-24(35)33-14-17/h5-6,9,11-13,15,17,31-32H,3-4,7-8,10,14H2,1-2H3,(H,33,35)/b26-22-,31-25?/t15-,17-/m1/s1. The molecule has 2 aliphatic heterocycles. The maximum Gasteiger partial charge on any atom is 0.255 e. The van der Waals surface area contributed by atoms with Crippen molar-refractivity contribution in [3.8, 4) is 0 Å². The van der Waals surface area contributed by atoms with Gasteiger partial charge in [0.2, 0.25) is 5.91 Å². The fourth-order valence-corrected chi connectivity index (χ4v) is 5.24. The molecule has 0 aromatic heterocycles. The Morgan fingerprint density at radius 1 is 1.22 bits per heavy atom. The van der Waals surface area contributed by atoms with E-state index in [4.69, 9.17) is 17.0 Å². The van der Waals surface area contributed by atoms with Crippen molar-refractivity contribution in [2.24, 2.45) is 5.92 Å². The van der Waals surface area contributed by atoms with Crippen LogP contribution in [0.25, 0.3) is 5.70 Å². The zero-order valence-corrected chi connectivity index (χ0v) is 21.0. The lowest BCUT2D eigenvalue weighted by Gasteiger charge is -2.36. The van der Waals surface area contributed by atoms with Crippen molar-refractivity contribution in [3.05, 3.63) is 75.3 Å². The average Bonchev–Trinajstić information content (AvgIpc) is 3.25. The third-order valence-electron chi connectivity index (χ3n) is 6.94. The summed E-state index contributed by atoms with van der Waals surface area (Å²) in [6.45, 7) is 2.79. The van der Waals surface area contributed by atoms with E-state index < -0.39 is 17.7 Å². The van der Waals surface area contributed by atoms with Crippen LogP contribution in [-0.2, 0) is 11.2 Å². The third-order valence-corrected chi connectivity index (χ3v) is 7.26. The maximum absolute atomic E-state index is 13.8. The van der Waals surface area contributed by atoms with Crippen molar-refractivity contribution in [3.63, 3.8) is 0 Å². The van der Waals surface area contributed by atoms with Crippen molar-refractivity contribution in [2.75, 3.05) is 20.1 Å². The Bertz CT molecular complexity index is 1230. The Balaban J connectivity index is 1.49. The highest BCUT2D eigenvalue weighted by atomic mass is 35.5. The molecule has 0 saturated carbocycles. The summed E-state index contributed by atoms with van der Waals surface area (Å²) in [5.41, 5.74) is 2.97. The zero-order valence-electron chi connectivity index (χ0n) is 20.3. The van der Waals surface area contributed by atoms with Crippen LogP contribution in [0, 0.1) is 23.0 Å². The minimum Gasteiger partial charge on any atom is -0.387 e. The minimum absolute atomic E-state index is 0.0862. The van der Waals surface area contributed by atoms with E-state index in [2.05, 4.69) is 10.6 Å². The van der Waals surface area contributed by atoms with Crippen LogP contribution in [0.2, 0.25) is 5.02 Å². The van der Waals surface area contributed by atoms with Crippen LogP contribution in [-0.4, -0.2) is 48.6 Å². The lowest BCUT2D eigenvalue weighted by atomic mass is 9.90. The predicted octanol–water partition coefficient (Wildman–Crippen LogP) is 4.57. The van der Waals surface area contributed by atoms with E-state index in [0.29, 0.717) is 59.3 Å². The summed E-state index contributed by atoms with van der Waals surface area (Å²) in [6, 6.07) is 8.09. The van der Waals surface area contributed by atoms with Crippen LogP contribution in [0.5, 0.6) is 0 Å². The minimum atomic E-state index is -0.697. The molecular weight excluding hydrogens is 486 g/mol. The van der Waals surface area contributed by atoms with E-state index in [1.807, 2.05) is 6.07 Å². The lowest BCUT2D eigenvalue weighted by molar-refractivity contribution is -0.119. The largest absolute Gasteiger partial charge is 0.387 e. The van der Waals surface area contributed by atoms with Crippen molar-refractivity contribution in [1.29, 1.82) is 5.41 Å². The number of amides is 2. The number of piperidine rings is 1. The molecule has 2 aromatic rings. The lowest BCUT2D eigenvalue weighted by Crippen LogP contribution is -2.48. The van der Waals surface area contributed by atoms with Crippen molar-refractivity contribution < 1.29 is 18.4 Å². The van der Waals surface area contributed by atoms with Gasteiger partial charge in [0.25, 0.3) is 5.91 Å². The van der Waals surface area contributed by atoms with Crippen molar-refractivity contribution >= 4 is 34.8 Å². The van der Waals surface area contributed by atoms with Gasteiger partial charge in [-0.25, -0.2) is 8.78 Å². The van der Waals surface area contributed by atoms with Gasteiger partial charge >= 0.3 is 0 Å². The first-order valence-electron chi connectivity index (χ1n) is 12.0. The summed E-state index contributed by atoms with van der Waals surface area (Å²) in [6.07, 6.45) is 2.52. The monoisotopic (exact) mass is 514 g/mol. The fourth-order valence-electron chi connectivity index (χ4n) is 4.96. The average molecular weight is 515 g/mol. The molecule has 2 saturated heterocycles. The first kappa shape index (κ1) is 25.8. The number of halogens is 3. The Morgan fingerprint density at radius 2 is 1.94 bits per heavy atom. The summed E-state index contributed by atoms with van der Waals surface area (Å²) in [5.74, 6) is -1.26. The molecule has 36 heavy (non-hydrogen) atoms. The molecule has 4 rings (SSSR count). The Morgan fingerprint density at radius 3 is 2.56 bits per heavy atom. The number of hydrogen-bond acceptors (Lipinski definition) is 4. The molecule has 0 aliphatic carbocycles. The van der Waals surface area contributed by atoms with Gasteiger partial charge in [0.15, 0.2) is 0 Å².